The standard InChI is InChI=1S/C19H15F2S.CH4O3S.H3O4P/c1-14-2-8-17(9-3-14)22(18-10-4-15(20)5-11-18)19-12-6-16(21)7-13-19;2*1-5(2,3)4/h2-13H,1H3;1H3,(H,2,3,4);(H3,1,2,3,4)/q+1;;/p-1. The molecule has 0 saturated carbocycles. The molecule has 3 rings (SSSR count). The Kier molecular flexibility index (Phi) is 10.7. The van der Waals surface area contributed by atoms with Crippen LogP contribution in [0.5, 0.6) is 0 Å². The third-order valence-electron chi connectivity index (χ3n) is 3.36. The lowest BCUT2D eigenvalue weighted by molar-refractivity contribution is 0.275. The minimum absolute atomic E-state index is 0.254. The first-order valence-electron chi connectivity index (χ1n) is 8.65. The number of benzene rings is 3. The Morgan fingerprint density at radius 2 is 0.969 bits per heavy atom. The fourth-order valence-electron chi connectivity index (χ4n) is 2.22. The second-order valence-corrected chi connectivity index (χ2v) is 10.7. The lowest BCUT2D eigenvalue weighted by atomic mass is 10.2. The molecule has 0 heterocycles. The van der Waals surface area contributed by atoms with E-state index in [0.29, 0.717) is 6.26 Å². The van der Waals surface area contributed by atoms with Crippen LogP contribution in [0.25, 0.3) is 0 Å². The number of hydrogen-bond acceptors (Lipinski definition) is 4. The van der Waals surface area contributed by atoms with Crippen molar-refractivity contribution in [1.29, 1.82) is 0 Å². The van der Waals surface area contributed by atoms with Gasteiger partial charge in [0.15, 0.2) is 14.7 Å². The minimum atomic E-state index is -4.64. The summed E-state index contributed by atoms with van der Waals surface area (Å²) >= 11 is 0. The monoisotopic (exact) mass is 506 g/mol. The summed E-state index contributed by atoms with van der Waals surface area (Å²) in [5.74, 6) is -0.509. The zero-order valence-corrected chi connectivity index (χ0v) is 19.4. The molecule has 0 spiro atoms. The van der Waals surface area contributed by atoms with Crippen molar-refractivity contribution in [3.63, 3.8) is 0 Å². The van der Waals surface area contributed by atoms with Gasteiger partial charge in [0.05, 0.1) is 21.0 Å². The topological polar surface area (TPSA) is 135 Å². The van der Waals surface area contributed by atoms with Crippen molar-refractivity contribution in [3.8, 4) is 0 Å². The Morgan fingerprint density at radius 1 is 0.750 bits per heavy atom. The maximum absolute atomic E-state index is 13.2. The first-order valence-corrected chi connectivity index (χ1v) is 13.3. The minimum Gasteiger partial charge on any atom is -0.748 e. The van der Waals surface area contributed by atoms with Gasteiger partial charge in [-0.05, 0) is 67.6 Å². The van der Waals surface area contributed by atoms with Crippen LogP contribution in [0.2, 0.25) is 0 Å². The Balaban J connectivity index is 0.000000431. The molecule has 0 unspecified atom stereocenters. The lowest BCUT2D eigenvalue weighted by Gasteiger charge is -2.08. The molecule has 0 saturated heterocycles. The third kappa shape index (κ3) is 12.7. The Morgan fingerprint density at radius 3 is 1.22 bits per heavy atom. The van der Waals surface area contributed by atoms with E-state index in [0.717, 1.165) is 14.7 Å². The predicted molar refractivity (Wildman–Crippen MR) is 116 cm³/mol. The number of phosphoric acid groups is 1. The summed E-state index contributed by atoms with van der Waals surface area (Å²) in [4.78, 5) is 24.7. The molecule has 0 fully saturated rings. The average Bonchev–Trinajstić information content (AvgIpc) is 2.64. The molecule has 0 radical (unpaired) electrons. The number of rotatable bonds is 3. The van der Waals surface area contributed by atoms with E-state index < -0.39 is 17.9 Å². The summed E-state index contributed by atoms with van der Waals surface area (Å²) in [5.41, 5.74) is 1.19. The third-order valence-corrected chi connectivity index (χ3v) is 5.59. The van der Waals surface area contributed by atoms with Gasteiger partial charge >= 0.3 is 7.82 Å². The molecule has 0 aliphatic carbocycles. The van der Waals surface area contributed by atoms with Crippen molar-refractivity contribution >= 4 is 28.8 Å². The fraction of sp³-hybridized carbons (Fsp3) is 0.100. The summed E-state index contributed by atoms with van der Waals surface area (Å²) in [5, 5.41) is 0. The van der Waals surface area contributed by atoms with Crippen molar-refractivity contribution in [2.24, 2.45) is 0 Å². The largest absolute Gasteiger partial charge is 0.748 e. The van der Waals surface area contributed by atoms with E-state index in [1.807, 2.05) is 6.92 Å². The molecular formula is C20H21F2O7PS2. The molecule has 32 heavy (non-hydrogen) atoms. The molecule has 12 heteroatoms. The Hall–Kier alpha value is -2.11. The highest BCUT2D eigenvalue weighted by Gasteiger charge is 2.28. The van der Waals surface area contributed by atoms with Gasteiger partial charge < -0.3 is 19.2 Å². The van der Waals surface area contributed by atoms with Crippen molar-refractivity contribution in [1.82, 2.24) is 0 Å². The highest BCUT2D eigenvalue weighted by molar-refractivity contribution is 7.97. The zero-order chi connectivity index (χ0) is 24.5. The number of hydrogen-bond donors (Lipinski definition) is 3. The molecule has 3 aromatic rings. The van der Waals surface area contributed by atoms with Gasteiger partial charge in [-0.2, -0.15) is 0 Å². The van der Waals surface area contributed by atoms with Crippen LogP contribution in [0.4, 0.5) is 8.78 Å². The van der Waals surface area contributed by atoms with Crippen LogP contribution in [0.1, 0.15) is 5.56 Å². The van der Waals surface area contributed by atoms with Crippen LogP contribution in [-0.2, 0) is 25.6 Å². The summed E-state index contributed by atoms with van der Waals surface area (Å²) in [7, 11) is -8.93. The molecule has 0 aromatic heterocycles. The van der Waals surface area contributed by atoms with Crippen LogP contribution in [-0.4, -0.2) is 33.9 Å². The summed E-state index contributed by atoms with van der Waals surface area (Å²) in [6, 6.07) is 21.3. The van der Waals surface area contributed by atoms with Crippen LogP contribution < -0.4 is 0 Å². The first kappa shape index (κ1) is 27.9. The normalized spacial score (nSPS) is 11.2. The molecule has 7 nitrogen and oxygen atoms in total. The summed E-state index contributed by atoms with van der Waals surface area (Å²) in [6.45, 7) is 2.04. The van der Waals surface area contributed by atoms with E-state index >= 15 is 0 Å². The van der Waals surface area contributed by atoms with Crippen molar-refractivity contribution in [2.75, 3.05) is 6.26 Å². The van der Waals surface area contributed by atoms with E-state index in [1.165, 1.54) is 29.8 Å². The zero-order valence-electron chi connectivity index (χ0n) is 16.9. The molecule has 0 atom stereocenters. The average molecular weight is 506 g/mol. The van der Waals surface area contributed by atoms with E-state index in [-0.39, 0.29) is 22.5 Å². The molecule has 174 valence electrons. The van der Waals surface area contributed by atoms with Crippen molar-refractivity contribution < 1.29 is 41.0 Å². The molecular weight excluding hydrogens is 485 g/mol. The Bertz CT molecular complexity index is 1010. The van der Waals surface area contributed by atoms with Crippen LogP contribution in [0.3, 0.4) is 0 Å². The van der Waals surface area contributed by atoms with Crippen LogP contribution >= 0.6 is 7.82 Å². The second-order valence-electron chi connectivity index (χ2n) is 6.24. The summed E-state index contributed by atoms with van der Waals surface area (Å²) in [6.07, 6.45) is 0.604. The Labute approximate surface area is 187 Å². The van der Waals surface area contributed by atoms with Gasteiger partial charge in [0.2, 0.25) is 0 Å². The van der Waals surface area contributed by atoms with Crippen molar-refractivity contribution in [2.45, 2.75) is 21.6 Å². The predicted octanol–water partition coefficient (Wildman–Crippen LogP) is 3.60. The molecule has 0 amide bonds. The molecule has 0 aliphatic heterocycles. The quantitative estimate of drug-likeness (QED) is 0.281. The first-order chi connectivity index (χ1) is 14.6. The van der Waals surface area contributed by atoms with Crippen LogP contribution in [0.15, 0.2) is 87.5 Å². The van der Waals surface area contributed by atoms with Gasteiger partial charge in [0.25, 0.3) is 0 Å². The fourth-order valence-corrected chi connectivity index (χ4v) is 4.27. The maximum Gasteiger partial charge on any atom is 0.466 e. The van der Waals surface area contributed by atoms with Gasteiger partial charge in [0, 0.05) is 6.26 Å². The van der Waals surface area contributed by atoms with Gasteiger partial charge in [-0.3, -0.25) is 0 Å². The van der Waals surface area contributed by atoms with Gasteiger partial charge in [-0.15, -0.1) is 0 Å². The van der Waals surface area contributed by atoms with Crippen molar-refractivity contribution in [3.05, 3.63) is 90.0 Å². The van der Waals surface area contributed by atoms with Gasteiger partial charge in [0.1, 0.15) is 11.6 Å². The highest BCUT2D eigenvalue weighted by atomic mass is 32.2. The number of aryl methyl sites for hydroxylation is 1. The highest BCUT2D eigenvalue weighted by Crippen LogP contribution is 2.31. The van der Waals surface area contributed by atoms with E-state index in [4.69, 9.17) is 32.2 Å². The molecule has 0 bridgehead atoms. The van der Waals surface area contributed by atoms with Crippen LogP contribution in [0, 0.1) is 18.6 Å². The van der Waals surface area contributed by atoms with E-state index in [2.05, 4.69) is 24.3 Å². The SMILES string of the molecule is CS(=O)(=O)[O-].Cc1ccc([S+](c2ccc(F)cc2)c2ccc(F)cc2)cc1.O=P(O)(O)O. The lowest BCUT2D eigenvalue weighted by Crippen LogP contribution is -2.05. The molecule has 3 N–H and O–H groups in total. The van der Waals surface area contributed by atoms with Gasteiger partial charge in [-0.1, -0.05) is 17.7 Å². The maximum atomic E-state index is 13.2. The second kappa shape index (κ2) is 12.2. The smallest absolute Gasteiger partial charge is 0.466 e. The summed E-state index contributed by atoms with van der Waals surface area (Å²) < 4.78 is 62.5. The molecule has 0 aliphatic rings. The van der Waals surface area contributed by atoms with E-state index in [1.54, 1.807) is 24.3 Å². The number of halogens is 2. The van der Waals surface area contributed by atoms with Gasteiger partial charge in [-0.25, -0.2) is 21.8 Å². The molecule has 3 aromatic carbocycles. The van der Waals surface area contributed by atoms with E-state index in [9.17, 15) is 8.78 Å².